The van der Waals surface area contributed by atoms with Crippen molar-refractivity contribution in [2.24, 2.45) is 0 Å². The van der Waals surface area contributed by atoms with Crippen LogP contribution < -0.4 is 9.64 Å². The van der Waals surface area contributed by atoms with Crippen LogP contribution in [0.5, 0.6) is 5.75 Å². The van der Waals surface area contributed by atoms with Crippen molar-refractivity contribution in [3.63, 3.8) is 0 Å². The average Bonchev–Trinajstić information content (AvgIpc) is 3.25. The summed E-state index contributed by atoms with van der Waals surface area (Å²) in [4.78, 5) is 15.8. The summed E-state index contributed by atoms with van der Waals surface area (Å²) in [7, 11) is 0. The molecular weight excluding hydrogens is 386 g/mol. The Morgan fingerprint density at radius 2 is 1.90 bits per heavy atom. The maximum absolute atomic E-state index is 13.9. The highest BCUT2D eigenvalue weighted by molar-refractivity contribution is 6.11. The Kier molecular flexibility index (Phi) is 5.99. The summed E-state index contributed by atoms with van der Waals surface area (Å²) in [5.41, 5.74) is 1.84. The van der Waals surface area contributed by atoms with Crippen LogP contribution in [0.2, 0.25) is 0 Å². The predicted molar refractivity (Wildman–Crippen MR) is 124 cm³/mol. The second-order valence-corrected chi connectivity index (χ2v) is 7.96. The molecule has 160 valence electrons. The van der Waals surface area contributed by atoms with Gasteiger partial charge in [-0.3, -0.25) is 4.79 Å². The fourth-order valence-corrected chi connectivity index (χ4v) is 4.40. The standard InChI is InChI=1S/C27H29NO3/c1-4-6-12-17-28-25-16-11-10-15-23(25)27(26(28)29)19-30-20(3)24(27)18-21(5-2)31-22-13-8-7-9-14-22/h5,7-11,13-16,18H,3-4,6,12,17,19H2,1-2H3/b21-5+,24-18+. The Morgan fingerprint density at radius 1 is 1.16 bits per heavy atom. The van der Waals surface area contributed by atoms with Crippen molar-refractivity contribution in [3.8, 4) is 5.75 Å². The van der Waals surface area contributed by atoms with Crippen molar-refractivity contribution < 1.29 is 14.3 Å². The maximum atomic E-state index is 13.9. The summed E-state index contributed by atoms with van der Waals surface area (Å²) in [6.45, 7) is 9.17. The van der Waals surface area contributed by atoms with E-state index in [1.54, 1.807) is 0 Å². The van der Waals surface area contributed by atoms with Crippen molar-refractivity contribution in [3.05, 3.63) is 96.0 Å². The largest absolute Gasteiger partial charge is 0.492 e. The molecule has 2 heterocycles. The smallest absolute Gasteiger partial charge is 0.245 e. The lowest BCUT2D eigenvalue weighted by atomic mass is 9.76. The van der Waals surface area contributed by atoms with Gasteiger partial charge in [-0.15, -0.1) is 0 Å². The lowest BCUT2D eigenvalue weighted by molar-refractivity contribution is -0.122. The zero-order valence-electron chi connectivity index (χ0n) is 18.3. The Bertz CT molecular complexity index is 1040. The molecule has 0 saturated carbocycles. The molecule has 2 aliphatic heterocycles. The van der Waals surface area contributed by atoms with Gasteiger partial charge < -0.3 is 14.4 Å². The van der Waals surface area contributed by atoms with Crippen molar-refractivity contribution in [2.75, 3.05) is 18.1 Å². The van der Waals surface area contributed by atoms with Crippen LogP contribution in [-0.4, -0.2) is 19.1 Å². The van der Waals surface area contributed by atoms with E-state index in [0.29, 0.717) is 18.1 Å². The van der Waals surface area contributed by atoms with Crippen molar-refractivity contribution >= 4 is 11.6 Å². The van der Waals surface area contributed by atoms with E-state index >= 15 is 0 Å². The zero-order valence-corrected chi connectivity index (χ0v) is 18.3. The van der Waals surface area contributed by atoms with E-state index in [1.807, 2.05) is 78.6 Å². The highest BCUT2D eigenvalue weighted by Crippen LogP contribution is 2.52. The second kappa shape index (κ2) is 8.84. The lowest BCUT2D eigenvalue weighted by Crippen LogP contribution is -2.42. The molecular formula is C27H29NO3. The van der Waals surface area contributed by atoms with E-state index in [-0.39, 0.29) is 12.5 Å². The Hall–Kier alpha value is -3.27. The second-order valence-electron chi connectivity index (χ2n) is 7.96. The normalized spacial score (nSPS) is 21.7. The number of ether oxygens (including phenoxy) is 2. The van der Waals surface area contributed by atoms with Crippen LogP contribution in [0, 0.1) is 0 Å². The molecule has 1 atom stereocenters. The highest BCUT2D eigenvalue weighted by Gasteiger charge is 2.57. The van der Waals surface area contributed by atoms with Crippen LogP contribution in [0.15, 0.2) is 90.4 Å². The SMILES string of the molecule is C=C1OCC2(C(=O)N(CCCCC)c3ccccc32)/C1=C/C(=C\C)Oc1ccccc1. The number of carbonyl (C=O) groups excluding carboxylic acids is 1. The third-order valence-corrected chi connectivity index (χ3v) is 6.02. The van der Waals surface area contributed by atoms with Crippen LogP contribution in [0.25, 0.3) is 0 Å². The summed E-state index contributed by atoms with van der Waals surface area (Å²) in [6, 6.07) is 17.7. The van der Waals surface area contributed by atoms with Gasteiger partial charge in [-0.05, 0) is 49.3 Å². The van der Waals surface area contributed by atoms with E-state index < -0.39 is 5.41 Å². The molecule has 4 rings (SSSR count). The minimum atomic E-state index is -0.881. The van der Waals surface area contributed by atoms with Gasteiger partial charge in [-0.2, -0.15) is 0 Å². The molecule has 2 aliphatic rings. The third kappa shape index (κ3) is 3.67. The molecule has 0 N–H and O–H groups in total. The molecule has 1 amide bonds. The van der Waals surface area contributed by atoms with Crippen molar-refractivity contribution in [2.45, 2.75) is 38.5 Å². The first-order valence-corrected chi connectivity index (χ1v) is 11.0. The monoisotopic (exact) mass is 415 g/mol. The fourth-order valence-electron chi connectivity index (χ4n) is 4.40. The van der Waals surface area contributed by atoms with E-state index in [1.165, 1.54) is 0 Å². The van der Waals surface area contributed by atoms with E-state index in [4.69, 9.17) is 9.47 Å². The molecule has 1 spiro atoms. The third-order valence-electron chi connectivity index (χ3n) is 6.02. The molecule has 31 heavy (non-hydrogen) atoms. The number of anilines is 1. The number of hydrogen-bond acceptors (Lipinski definition) is 3. The number of fused-ring (bicyclic) bond motifs is 2. The summed E-state index contributed by atoms with van der Waals surface area (Å²) >= 11 is 0. The van der Waals surface area contributed by atoms with Crippen LogP contribution in [-0.2, 0) is 14.9 Å². The minimum absolute atomic E-state index is 0.0601. The van der Waals surface area contributed by atoms with Crippen molar-refractivity contribution in [1.29, 1.82) is 0 Å². The first kappa shape index (κ1) is 21.0. The van der Waals surface area contributed by atoms with E-state index in [0.717, 1.165) is 41.8 Å². The number of nitrogens with zero attached hydrogens (tertiary/aromatic N) is 1. The number of rotatable bonds is 7. The fraction of sp³-hybridized carbons (Fsp3) is 0.296. The van der Waals surface area contributed by atoms with Gasteiger partial charge in [-0.1, -0.05) is 62.7 Å². The number of allylic oxidation sites excluding steroid dienone is 3. The van der Waals surface area contributed by atoms with Crippen molar-refractivity contribution in [1.82, 2.24) is 0 Å². The zero-order chi connectivity index (χ0) is 21.8. The van der Waals surface area contributed by atoms with E-state index in [9.17, 15) is 4.79 Å². The Balaban J connectivity index is 1.75. The Morgan fingerprint density at radius 3 is 2.65 bits per heavy atom. The number of amides is 1. The molecule has 2 aromatic carbocycles. The van der Waals surface area contributed by atoms with Crippen LogP contribution in [0.4, 0.5) is 5.69 Å². The van der Waals surface area contributed by atoms with Gasteiger partial charge in [0.1, 0.15) is 29.3 Å². The minimum Gasteiger partial charge on any atom is -0.492 e. The molecule has 4 heteroatoms. The summed E-state index contributed by atoms with van der Waals surface area (Å²) in [6.07, 6.45) is 6.99. The van der Waals surface area contributed by atoms with Gasteiger partial charge in [-0.25, -0.2) is 0 Å². The molecule has 1 saturated heterocycles. The Labute approximate surface area is 184 Å². The van der Waals surface area contributed by atoms with Crippen LogP contribution in [0.1, 0.15) is 38.7 Å². The van der Waals surface area contributed by atoms with Gasteiger partial charge in [0.2, 0.25) is 5.91 Å². The number of hydrogen-bond donors (Lipinski definition) is 0. The van der Waals surface area contributed by atoms with Crippen LogP contribution >= 0.6 is 0 Å². The summed E-state index contributed by atoms with van der Waals surface area (Å²) in [5, 5.41) is 0. The van der Waals surface area contributed by atoms with Gasteiger partial charge >= 0.3 is 0 Å². The molecule has 1 unspecified atom stereocenters. The summed E-state index contributed by atoms with van der Waals surface area (Å²) < 4.78 is 12.0. The summed E-state index contributed by atoms with van der Waals surface area (Å²) in [5.74, 6) is 1.98. The van der Waals surface area contributed by atoms with Gasteiger partial charge in [0, 0.05) is 17.8 Å². The number of unbranched alkanes of at least 4 members (excludes halogenated alkanes) is 2. The topological polar surface area (TPSA) is 38.8 Å². The quantitative estimate of drug-likeness (QED) is 0.417. The van der Waals surface area contributed by atoms with E-state index in [2.05, 4.69) is 13.5 Å². The lowest BCUT2D eigenvalue weighted by Gasteiger charge is -2.23. The number of carbonyl (C=O) groups is 1. The van der Waals surface area contributed by atoms with Gasteiger partial charge in [0.15, 0.2) is 0 Å². The maximum Gasteiger partial charge on any atom is 0.245 e. The molecule has 4 nitrogen and oxygen atoms in total. The number of para-hydroxylation sites is 2. The highest BCUT2D eigenvalue weighted by atomic mass is 16.5. The molecule has 0 bridgehead atoms. The average molecular weight is 416 g/mol. The molecule has 0 aliphatic carbocycles. The molecule has 0 aromatic heterocycles. The van der Waals surface area contributed by atoms with Gasteiger partial charge in [0.05, 0.1) is 0 Å². The first-order valence-electron chi connectivity index (χ1n) is 11.0. The first-order chi connectivity index (χ1) is 15.1. The molecule has 1 fully saturated rings. The predicted octanol–water partition coefficient (Wildman–Crippen LogP) is 5.91. The van der Waals surface area contributed by atoms with Crippen LogP contribution in [0.3, 0.4) is 0 Å². The number of benzene rings is 2. The van der Waals surface area contributed by atoms with Gasteiger partial charge in [0.25, 0.3) is 0 Å². The molecule has 0 radical (unpaired) electrons. The molecule has 2 aromatic rings.